The molecule has 1 aromatic heterocycles. The Kier molecular flexibility index (Phi) is 4.42. The fourth-order valence-electron chi connectivity index (χ4n) is 0.926. The Bertz CT molecular complexity index is 327. The third kappa shape index (κ3) is 3.43. The van der Waals surface area contributed by atoms with Gasteiger partial charge in [0.15, 0.2) is 0 Å². The first-order valence-corrected chi connectivity index (χ1v) is 5.80. The Morgan fingerprint density at radius 3 is 2.80 bits per heavy atom. The minimum Gasteiger partial charge on any atom is -0.481 e. The zero-order valence-electron chi connectivity index (χ0n) is 8.98. The van der Waals surface area contributed by atoms with Crippen LogP contribution in [0.15, 0.2) is 18.3 Å². The Morgan fingerprint density at radius 1 is 1.60 bits per heavy atom. The largest absolute Gasteiger partial charge is 0.481 e. The van der Waals surface area contributed by atoms with Gasteiger partial charge >= 0.3 is 0 Å². The molecule has 0 aromatic carbocycles. The second-order valence-corrected chi connectivity index (χ2v) is 4.13. The topological polar surface area (TPSA) is 51.2 Å². The molecule has 0 fully saturated rings. The number of carbonyl (C=O) groups is 1. The molecular formula is C10H14N2O2S. The molecule has 1 heterocycles. The van der Waals surface area contributed by atoms with Crippen molar-refractivity contribution in [3.8, 4) is 5.88 Å². The number of aromatic nitrogens is 1. The van der Waals surface area contributed by atoms with Gasteiger partial charge in [-0.15, -0.1) is 0 Å². The highest BCUT2D eigenvalue weighted by Crippen LogP contribution is 2.13. The van der Waals surface area contributed by atoms with Gasteiger partial charge in [0.1, 0.15) is 0 Å². The summed E-state index contributed by atoms with van der Waals surface area (Å²) >= 11 is 1.50. The number of thioether (sulfide) groups is 1. The maximum atomic E-state index is 11.5. The molecule has 4 nitrogen and oxygen atoms in total. The lowest BCUT2D eigenvalue weighted by Gasteiger charge is -2.09. The molecule has 0 unspecified atom stereocenters. The third-order valence-corrected chi connectivity index (χ3v) is 2.86. The molecule has 1 N–H and O–H groups in total. The van der Waals surface area contributed by atoms with E-state index in [0.717, 1.165) is 0 Å². The number of methoxy groups -OCH3 is 1. The maximum Gasteiger partial charge on any atom is 0.237 e. The van der Waals surface area contributed by atoms with E-state index in [0.29, 0.717) is 11.6 Å². The van der Waals surface area contributed by atoms with Gasteiger partial charge in [-0.2, -0.15) is 11.8 Å². The SMILES string of the molecule is COc1ccc(NC(=O)[C@@H](C)SC)cn1. The van der Waals surface area contributed by atoms with Crippen LogP contribution in [0.1, 0.15) is 6.92 Å². The molecule has 0 spiro atoms. The molecule has 0 aliphatic rings. The van der Waals surface area contributed by atoms with Crippen molar-refractivity contribution in [2.45, 2.75) is 12.2 Å². The van der Waals surface area contributed by atoms with E-state index in [2.05, 4.69) is 10.3 Å². The zero-order chi connectivity index (χ0) is 11.3. The number of anilines is 1. The van der Waals surface area contributed by atoms with E-state index in [9.17, 15) is 4.79 Å². The van der Waals surface area contributed by atoms with Crippen LogP contribution in [-0.2, 0) is 4.79 Å². The van der Waals surface area contributed by atoms with E-state index in [1.807, 2.05) is 13.2 Å². The van der Waals surface area contributed by atoms with E-state index in [1.165, 1.54) is 11.8 Å². The minimum atomic E-state index is -0.0629. The van der Waals surface area contributed by atoms with Gasteiger partial charge in [-0.3, -0.25) is 4.79 Å². The molecular weight excluding hydrogens is 212 g/mol. The molecule has 1 amide bonds. The summed E-state index contributed by atoms with van der Waals surface area (Å²) in [7, 11) is 1.55. The van der Waals surface area contributed by atoms with Crippen LogP contribution in [0.4, 0.5) is 5.69 Å². The number of nitrogens with one attached hydrogen (secondary N) is 1. The molecule has 0 aliphatic heterocycles. The summed E-state index contributed by atoms with van der Waals surface area (Å²) in [5.41, 5.74) is 0.682. The normalized spacial score (nSPS) is 11.9. The first kappa shape index (κ1) is 11.8. The Hall–Kier alpha value is -1.23. The van der Waals surface area contributed by atoms with Crippen molar-refractivity contribution in [2.75, 3.05) is 18.7 Å². The van der Waals surface area contributed by atoms with Crippen LogP contribution in [-0.4, -0.2) is 29.5 Å². The molecule has 1 rings (SSSR count). The molecule has 0 bridgehead atoms. The van der Waals surface area contributed by atoms with Gasteiger partial charge in [0.05, 0.1) is 24.2 Å². The van der Waals surface area contributed by atoms with Gasteiger partial charge in [-0.05, 0) is 19.2 Å². The lowest BCUT2D eigenvalue weighted by molar-refractivity contribution is -0.115. The smallest absolute Gasteiger partial charge is 0.237 e. The average Bonchev–Trinajstić information content (AvgIpc) is 2.29. The average molecular weight is 226 g/mol. The van der Waals surface area contributed by atoms with Crippen LogP contribution in [0.25, 0.3) is 0 Å². The number of nitrogens with zero attached hydrogens (tertiary/aromatic N) is 1. The van der Waals surface area contributed by atoms with Gasteiger partial charge in [0.25, 0.3) is 0 Å². The van der Waals surface area contributed by atoms with E-state index in [-0.39, 0.29) is 11.2 Å². The fraction of sp³-hybridized carbons (Fsp3) is 0.400. The maximum absolute atomic E-state index is 11.5. The molecule has 5 heteroatoms. The van der Waals surface area contributed by atoms with Gasteiger partial charge in [0.2, 0.25) is 11.8 Å². The summed E-state index contributed by atoms with van der Waals surface area (Å²) in [5.74, 6) is 0.514. The van der Waals surface area contributed by atoms with Gasteiger partial charge in [-0.25, -0.2) is 4.98 Å². The summed E-state index contributed by atoms with van der Waals surface area (Å²) in [4.78, 5) is 15.5. The second kappa shape index (κ2) is 5.60. The number of hydrogen-bond donors (Lipinski definition) is 1. The Labute approximate surface area is 93.4 Å². The molecule has 0 saturated heterocycles. The summed E-state index contributed by atoms with van der Waals surface area (Å²) < 4.78 is 4.91. The van der Waals surface area contributed by atoms with Crippen molar-refractivity contribution in [3.63, 3.8) is 0 Å². The summed E-state index contributed by atoms with van der Waals surface area (Å²) in [5, 5.41) is 2.70. The number of hydrogen-bond acceptors (Lipinski definition) is 4. The first-order valence-electron chi connectivity index (χ1n) is 4.51. The zero-order valence-corrected chi connectivity index (χ0v) is 9.80. The van der Waals surface area contributed by atoms with Crippen LogP contribution >= 0.6 is 11.8 Å². The number of pyridine rings is 1. The van der Waals surface area contributed by atoms with Crippen molar-refractivity contribution < 1.29 is 9.53 Å². The van der Waals surface area contributed by atoms with E-state index >= 15 is 0 Å². The van der Waals surface area contributed by atoms with Crippen LogP contribution in [0.5, 0.6) is 5.88 Å². The van der Waals surface area contributed by atoms with Crippen molar-refractivity contribution in [1.29, 1.82) is 0 Å². The van der Waals surface area contributed by atoms with Gasteiger partial charge in [-0.1, -0.05) is 0 Å². The van der Waals surface area contributed by atoms with E-state index in [1.54, 1.807) is 25.4 Å². The van der Waals surface area contributed by atoms with Gasteiger partial charge in [0, 0.05) is 6.07 Å². The number of amides is 1. The number of carbonyl (C=O) groups excluding carboxylic acids is 1. The first-order chi connectivity index (χ1) is 7.17. The summed E-state index contributed by atoms with van der Waals surface area (Å²) in [6.45, 7) is 1.86. The summed E-state index contributed by atoms with van der Waals surface area (Å²) in [6, 6.07) is 3.47. The van der Waals surface area contributed by atoms with Crippen molar-refractivity contribution in [2.24, 2.45) is 0 Å². The minimum absolute atomic E-state index is 0.0190. The fourth-order valence-corrected chi connectivity index (χ4v) is 1.20. The predicted octanol–water partition coefficient (Wildman–Crippen LogP) is 1.78. The second-order valence-electron chi connectivity index (χ2n) is 2.96. The highest BCUT2D eigenvalue weighted by Gasteiger charge is 2.10. The summed E-state index contributed by atoms with van der Waals surface area (Å²) in [6.07, 6.45) is 3.47. The molecule has 0 aliphatic carbocycles. The molecule has 0 radical (unpaired) electrons. The molecule has 0 saturated carbocycles. The van der Waals surface area contributed by atoms with Crippen molar-refractivity contribution in [1.82, 2.24) is 4.98 Å². The van der Waals surface area contributed by atoms with Crippen LogP contribution in [0.3, 0.4) is 0 Å². The molecule has 1 atom stereocenters. The van der Waals surface area contributed by atoms with Crippen LogP contribution in [0, 0.1) is 0 Å². The quantitative estimate of drug-likeness (QED) is 0.850. The Balaban J connectivity index is 2.61. The van der Waals surface area contributed by atoms with Crippen molar-refractivity contribution >= 4 is 23.4 Å². The molecule has 1 aromatic rings. The number of rotatable bonds is 4. The third-order valence-electron chi connectivity index (χ3n) is 1.94. The monoisotopic (exact) mass is 226 g/mol. The standard InChI is InChI=1S/C10H14N2O2S/c1-7(15-3)10(13)12-8-4-5-9(14-2)11-6-8/h4-7H,1-3H3,(H,12,13)/t7-/m1/s1. The van der Waals surface area contributed by atoms with Gasteiger partial charge < -0.3 is 10.1 Å². The highest BCUT2D eigenvalue weighted by atomic mass is 32.2. The number of ether oxygens (including phenoxy) is 1. The molecule has 82 valence electrons. The lowest BCUT2D eigenvalue weighted by Crippen LogP contribution is -2.22. The molecule has 15 heavy (non-hydrogen) atoms. The predicted molar refractivity (Wildman–Crippen MR) is 62.4 cm³/mol. The van der Waals surface area contributed by atoms with E-state index in [4.69, 9.17) is 4.74 Å². The van der Waals surface area contributed by atoms with Crippen molar-refractivity contribution in [3.05, 3.63) is 18.3 Å². The Morgan fingerprint density at radius 2 is 2.33 bits per heavy atom. The van der Waals surface area contributed by atoms with Crippen LogP contribution < -0.4 is 10.1 Å². The van der Waals surface area contributed by atoms with E-state index < -0.39 is 0 Å². The lowest BCUT2D eigenvalue weighted by atomic mass is 10.3. The highest BCUT2D eigenvalue weighted by molar-refractivity contribution is 7.99. The van der Waals surface area contributed by atoms with Crippen LogP contribution in [0.2, 0.25) is 0 Å².